The zero-order valence-corrected chi connectivity index (χ0v) is 10.8. The fourth-order valence-corrected chi connectivity index (χ4v) is 2.07. The van der Waals surface area contributed by atoms with Gasteiger partial charge in [0.2, 0.25) is 0 Å². The molecule has 0 saturated carbocycles. The molecule has 0 spiro atoms. The molecule has 1 heterocycles. The van der Waals surface area contributed by atoms with Gasteiger partial charge in [0.05, 0.1) is 0 Å². The molecule has 0 amide bonds. The fraction of sp³-hybridized carbons (Fsp3) is 0.500. The highest BCUT2D eigenvalue weighted by Crippen LogP contribution is 2.16. The van der Waals surface area contributed by atoms with Crippen LogP contribution in [0.2, 0.25) is 0 Å². The van der Waals surface area contributed by atoms with E-state index in [0.717, 1.165) is 18.5 Å². The molecule has 1 rings (SSSR count). The van der Waals surface area contributed by atoms with Gasteiger partial charge < -0.3 is 9.67 Å². The zero-order chi connectivity index (χ0) is 13.2. The second-order valence-electron chi connectivity index (χ2n) is 4.27. The molecule has 5 heteroatoms. The third-order valence-electron chi connectivity index (χ3n) is 3.35. The van der Waals surface area contributed by atoms with E-state index >= 15 is 0 Å². The monoisotopic (exact) mass is 235 g/mol. The molecule has 0 bridgehead atoms. The van der Waals surface area contributed by atoms with Crippen molar-refractivity contribution in [1.82, 2.24) is 4.57 Å². The Morgan fingerprint density at radius 3 is 2.41 bits per heavy atom. The first-order chi connectivity index (χ1) is 7.93. The molecule has 1 N–H and O–H groups in total. The van der Waals surface area contributed by atoms with Gasteiger partial charge in [-0.05, 0) is 25.2 Å². The van der Waals surface area contributed by atoms with Gasteiger partial charge in [0, 0.05) is 17.9 Å². The summed E-state index contributed by atoms with van der Waals surface area (Å²) in [7, 11) is 1.68. The standard InChI is InChI=1S/C12H18BNO3/c1-4-8(5-2)14-6-9(12(16)17)11(15)10(13)7(14)3/h6,8H,4-5,13H2,1-3H3,(H,16,17). The summed E-state index contributed by atoms with van der Waals surface area (Å²) in [4.78, 5) is 22.8. The Balaban J connectivity index is 3.52. The van der Waals surface area contributed by atoms with Crippen molar-refractivity contribution in [2.45, 2.75) is 39.7 Å². The minimum absolute atomic E-state index is 0.139. The minimum atomic E-state index is -1.15. The van der Waals surface area contributed by atoms with E-state index in [2.05, 4.69) is 13.8 Å². The third-order valence-corrected chi connectivity index (χ3v) is 3.35. The van der Waals surface area contributed by atoms with Crippen LogP contribution >= 0.6 is 0 Å². The Morgan fingerprint density at radius 1 is 1.47 bits per heavy atom. The minimum Gasteiger partial charge on any atom is -0.477 e. The summed E-state index contributed by atoms with van der Waals surface area (Å²) >= 11 is 0. The average Bonchev–Trinajstić information content (AvgIpc) is 2.30. The molecular weight excluding hydrogens is 217 g/mol. The summed E-state index contributed by atoms with van der Waals surface area (Å²) in [6.07, 6.45) is 3.31. The van der Waals surface area contributed by atoms with Crippen LogP contribution in [0.15, 0.2) is 11.0 Å². The number of rotatable bonds is 4. The van der Waals surface area contributed by atoms with Crippen LogP contribution in [0.5, 0.6) is 0 Å². The van der Waals surface area contributed by atoms with Crippen LogP contribution in [-0.4, -0.2) is 23.5 Å². The molecule has 4 nitrogen and oxygen atoms in total. The largest absolute Gasteiger partial charge is 0.477 e. The summed E-state index contributed by atoms with van der Waals surface area (Å²) in [6, 6.07) is 0.243. The van der Waals surface area contributed by atoms with Crippen molar-refractivity contribution in [3.05, 3.63) is 27.7 Å². The Labute approximate surface area is 102 Å². The Bertz CT molecular complexity index is 489. The molecule has 0 atom stereocenters. The smallest absolute Gasteiger partial charge is 0.341 e. The number of aromatic carboxylic acids is 1. The fourth-order valence-electron chi connectivity index (χ4n) is 2.07. The van der Waals surface area contributed by atoms with Crippen molar-refractivity contribution in [3.8, 4) is 0 Å². The molecule has 0 aliphatic heterocycles. The first-order valence-corrected chi connectivity index (χ1v) is 5.89. The highest BCUT2D eigenvalue weighted by molar-refractivity contribution is 6.33. The van der Waals surface area contributed by atoms with Gasteiger partial charge in [0.25, 0.3) is 0 Å². The Hall–Kier alpha value is -1.52. The van der Waals surface area contributed by atoms with Gasteiger partial charge in [-0.2, -0.15) is 0 Å². The lowest BCUT2D eigenvalue weighted by Gasteiger charge is -2.22. The Morgan fingerprint density at radius 2 is 2.00 bits per heavy atom. The summed E-state index contributed by atoms with van der Waals surface area (Å²) in [5.41, 5.74) is 0.864. The van der Waals surface area contributed by atoms with E-state index in [0.29, 0.717) is 5.46 Å². The van der Waals surface area contributed by atoms with Crippen LogP contribution in [0.25, 0.3) is 0 Å². The molecule has 0 aliphatic rings. The van der Waals surface area contributed by atoms with Gasteiger partial charge in [-0.3, -0.25) is 4.79 Å². The van der Waals surface area contributed by atoms with Gasteiger partial charge in [-0.15, -0.1) is 0 Å². The third kappa shape index (κ3) is 2.43. The second-order valence-corrected chi connectivity index (χ2v) is 4.27. The van der Waals surface area contributed by atoms with Gasteiger partial charge >= 0.3 is 5.97 Å². The maximum atomic E-state index is 11.8. The number of carbonyl (C=O) groups is 1. The normalized spacial score (nSPS) is 10.8. The zero-order valence-electron chi connectivity index (χ0n) is 10.8. The highest BCUT2D eigenvalue weighted by Gasteiger charge is 2.17. The van der Waals surface area contributed by atoms with Crippen molar-refractivity contribution in [1.29, 1.82) is 0 Å². The number of nitrogens with zero attached hydrogens (tertiary/aromatic N) is 1. The summed E-state index contributed by atoms with van der Waals surface area (Å²) in [5, 5.41) is 9.02. The lowest BCUT2D eigenvalue weighted by molar-refractivity contribution is 0.0694. The molecule has 92 valence electrons. The molecule has 0 aromatic carbocycles. The van der Waals surface area contributed by atoms with Gasteiger partial charge in [0.1, 0.15) is 13.4 Å². The van der Waals surface area contributed by atoms with Crippen LogP contribution in [0, 0.1) is 6.92 Å². The molecule has 17 heavy (non-hydrogen) atoms. The molecule has 0 aliphatic carbocycles. The predicted molar refractivity (Wildman–Crippen MR) is 70.2 cm³/mol. The SMILES string of the molecule is Bc1c(C)n(C(CC)CC)cc(C(=O)O)c1=O. The quantitative estimate of drug-likeness (QED) is 0.772. The number of carboxylic acid groups (broad SMARTS) is 1. The van der Waals surface area contributed by atoms with E-state index in [1.807, 2.05) is 11.5 Å². The van der Waals surface area contributed by atoms with Gasteiger partial charge in [-0.1, -0.05) is 13.8 Å². The van der Waals surface area contributed by atoms with Crippen molar-refractivity contribution in [3.63, 3.8) is 0 Å². The van der Waals surface area contributed by atoms with E-state index in [1.165, 1.54) is 6.20 Å². The number of aromatic nitrogens is 1. The van der Waals surface area contributed by atoms with Crippen LogP contribution < -0.4 is 10.9 Å². The lowest BCUT2D eigenvalue weighted by Crippen LogP contribution is -2.36. The summed E-state index contributed by atoms with van der Waals surface area (Å²) < 4.78 is 1.92. The molecule has 0 radical (unpaired) electrons. The first-order valence-electron chi connectivity index (χ1n) is 5.89. The van der Waals surface area contributed by atoms with E-state index < -0.39 is 5.97 Å². The predicted octanol–water partition coefficient (Wildman–Crippen LogP) is 0.474. The van der Waals surface area contributed by atoms with E-state index in [1.54, 1.807) is 7.85 Å². The van der Waals surface area contributed by atoms with Crippen molar-refractivity contribution >= 4 is 19.3 Å². The van der Waals surface area contributed by atoms with E-state index in [-0.39, 0.29) is 17.0 Å². The van der Waals surface area contributed by atoms with Crippen LogP contribution in [0.1, 0.15) is 48.8 Å². The number of carboxylic acids is 1. The Kier molecular flexibility index (Phi) is 4.15. The van der Waals surface area contributed by atoms with Crippen LogP contribution in [0.4, 0.5) is 0 Å². The molecule has 1 aromatic heterocycles. The van der Waals surface area contributed by atoms with E-state index in [4.69, 9.17) is 5.11 Å². The lowest BCUT2D eigenvalue weighted by atomic mass is 9.91. The maximum absolute atomic E-state index is 11.8. The summed E-state index contributed by atoms with van der Waals surface area (Å²) in [6.45, 7) is 5.98. The molecule has 0 saturated heterocycles. The van der Waals surface area contributed by atoms with Crippen LogP contribution in [-0.2, 0) is 0 Å². The maximum Gasteiger partial charge on any atom is 0.341 e. The average molecular weight is 235 g/mol. The molecular formula is C12H18BNO3. The van der Waals surface area contributed by atoms with Crippen molar-refractivity contribution in [2.24, 2.45) is 0 Å². The number of pyridine rings is 1. The molecule has 0 unspecified atom stereocenters. The molecule has 0 fully saturated rings. The van der Waals surface area contributed by atoms with Crippen molar-refractivity contribution < 1.29 is 9.90 Å². The van der Waals surface area contributed by atoms with Crippen LogP contribution in [0.3, 0.4) is 0 Å². The number of hydrogen-bond donors (Lipinski definition) is 1. The molecule has 1 aromatic rings. The van der Waals surface area contributed by atoms with E-state index in [9.17, 15) is 9.59 Å². The highest BCUT2D eigenvalue weighted by atomic mass is 16.4. The second kappa shape index (κ2) is 5.21. The first kappa shape index (κ1) is 13.5. The number of hydrogen-bond acceptors (Lipinski definition) is 2. The van der Waals surface area contributed by atoms with Gasteiger partial charge in [-0.25, -0.2) is 4.79 Å². The summed E-state index contributed by atoms with van der Waals surface area (Å²) in [5.74, 6) is -1.15. The van der Waals surface area contributed by atoms with Gasteiger partial charge in [0.15, 0.2) is 5.43 Å². The topological polar surface area (TPSA) is 59.3 Å². The van der Waals surface area contributed by atoms with Crippen molar-refractivity contribution in [2.75, 3.05) is 0 Å².